The highest BCUT2D eigenvalue weighted by atomic mass is 16.6. The first-order valence-corrected chi connectivity index (χ1v) is 10.6. The number of pyridine rings is 2. The zero-order valence-corrected chi connectivity index (χ0v) is 19.6. The molecule has 0 aliphatic carbocycles. The van der Waals surface area contributed by atoms with Crippen LogP contribution in [0.1, 0.15) is 31.9 Å². The van der Waals surface area contributed by atoms with E-state index in [1.165, 1.54) is 11.2 Å². The molecular weight excluding hydrogens is 438 g/mol. The van der Waals surface area contributed by atoms with E-state index in [0.29, 0.717) is 13.1 Å². The number of carbonyl (C=O) groups excluding carboxylic acids is 1. The van der Waals surface area contributed by atoms with E-state index in [0.717, 1.165) is 11.1 Å². The van der Waals surface area contributed by atoms with Gasteiger partial charge in [-0.05, 0) is 44.0 Å². The summed E-state index contributed by atoms with van der Waals surface area (Å²) in [6.07, 6.45) is 7.96. The second kappa shape index (κ2) is 10.6. The lowest BCUT2D eigenvalue weighted by Gasteiger charge is -2.26. The molecule has 178 valence electrons. The summed E-state index contributed by atoms with van der Waals surface area (Å²) < 4.78 is 5.35. The van der Waals surface area contributed by atoms with Gasteiger partial charge in [0.05, 0.1) is 4.92 Å². The predicted octanol–water partition coefficient (Wildman–Crippen LogP) is 3.16. The Hall–Kier alpha value is -4.15. The fourth-order valence-corrected chi connectivity index (χ4v) is 3.31. The topological polar surface area (TPSA) is 127 Å². The summed E-state index contributed by atoms with van der Waals surface area (Å²) in [6, 6.07) is 7.36. The van der Waals surface area contributed by atoms with Crippen molar-refractivity contribution in [2.75, 3.05) is 23.4 Å². The number of likely N-dealkylation sites (N-methyl/N-ethyl adjacent to an activating group) is 1. The summed E-state index contributed by atoms with van der Waals surface area (Å²) in [6.45, 7) is 5.69. The highest BCUT2D eigenvalue weighted by molar-refractivity contribution is 5.79. The van der Waals surface area contributed by atoms with E-state index in [1.807, 2.05) is 12.1 Å². The molecule has 0 aliphatic heterocycles. The molecule has 0 fully saturated rings. The maximum Gasteiger partial charge on any atom is 0.353 e. The molecule has 0 saturated heterocycles. The van der Waals surface area contributed by atoms with Gasteiger partial charge in [0.15, 0.2) is 0 Å². The highest BCUT2D eigenvalue weighted by Gasteiger charge is 2.30. The lowest BCUT2D eigenvalue weighted by atomic mass is 10.2. The predicted molar refractivity (Wildman–Crippen MR) is 126 cm³/mol. The molecule has 0 bridgehead atoms. The summed E-state index contributed by atoms with van der Waals surface area (Å²) in [5.74, 6) is -0.381. The van der Waals surface area contributed by atoms with E-state index in [9.17, 15) is 14.9 Å². The second-order valence-corrected chi connectivity index (χ2v) is 8.65. The van der Waals surface area contributed by atoms with Crippen LogP contribution in [-0.4, -0.2) is 50.0 Å². The average Bonchev–Trinajstić information content (AvgIpc) is 2.78. The van der Waals surface area contributed by atoms with Gasteiger partial charge < -0.3 is 14.5 Å². The SMILES string of the molecule is CN(CC(=O)OC(C)(C)C)c1ncnc(N(Cc2cccnc2)Cc2cccnc2)c1[N+](=O)[O-]. The average molecular weight is 466 g/mol. The Bertz CT molecular complexity index is 1080. The third kappa shape index (κ3) is 6.67. The fraction of sp³-hybridized carbons (Fsp3) is 0.348. The minimum absolute atomic E-state index is 0.0169. The van der Waals surface area contributed by atoms with Gasteiger partial charge in [-0.2, -0.15) is 0 Å². The molecule has 11 heteroatoms. The zero-order valence-electron chi connectivity index (χ0n) is 19.6. The van der Waals surface area contributed by atoms with Gasteiger partial charge in [0.2, 0.25) is 11.6 Å². The Morgan fingerprint density at radius 2 is 1.59 bits per heavy atom. The molecule has 0 saturated carbocycles. The van der Waals surface area contributed by atoms with E-state index in [2.05, 4.69) is 19.9 Å². The normalized spacial score (nSPS) is 11.1. The lowest BCUT2D eigenvalue weighted by molar-refractivity contribution is -0.383. The summed E-state index contributed by atoms with van der Waals surface area (Å²) >= 11 is 0. The van der Waals surface area contributed by atoms with Crippen LogP contribution in [0, 0.1) is 10.1 Å². The molecule has 3 heterocycles. The van der Waals surface area contributed by atoms with Gasteiger partial charge in [-0.1, -0.05) is 12.1 Å². The minimum Gasteiger partial charge on any atom is -0.459 e. The molecule has 34 heavy (non-hydrogen) atoms. The van der Waals surface area contributed by atoms with Crippen molar-refractivity contribution in [3.63, 3.8) is 0 Å². The fourth-order valence-electron chi connectivity index (χ4n) is 3.31. The number of carbonyl (C=O) groups is 1. The van der Waals surface area contributed by atoms with Crippen molar-refractivity contribution >= 4 is 23.3 Å². The maximum absolute atomic E-state index is 12.3. The lowest BCUT2D eigenvalue weighted by Crippen LogP contribution is -2.34. The molecule has 0 spiro atoms. The molecular formula is C23H27N7O4. The number of aromatic nitrogens is 4. The number of nitrogens with zero attached hydrogens (tertiary/aromatic N) is 7. The number of nitro groups is 1. The summed E-state index contributed by atoms with van der Waals surface area (Å²) in [5, 5.41) is 12.2. The van der Waals surface area contributed by atoms with Gasteiger partial charge in [0.25, 0.3) is 0 Å². The van der Waals surface area contributed by atoms with Crippen molar-refractivity contribution < 1.29 is 14.5 Å². The van der Waals surface area contributed by atoms with E-state index in [1.54, 1.807) is 69.6 Å². The van der Waals surface area contributed by atoms with Crippen LogP contribution in [0.25, 0.3) is 0 Å². The van der Waals surface area contributed by atoms with Crippen molar-refractivity contribution in [2.24, 2.45) is 0 Å². The first-order chi connectivity index (χ1) is 16.1. The molecule has 0 atom stereocenters. The summed E-state index contributed by atoms with van der Waals surface area (Å²) in [5.41, 5.74) is 0.720. The van der Waals surface area contributed by atoms with Gasteiger partial charge in [-0.15, -0.1) is 0 Å². The van der Waals surface area contributed by atoms with Gasteiger partial charge in [-0.3, -0.25) is 24.9 Å². The number of hydrogen-bond donors (Lipinski definition) is 0. The number of esters is 1. The molecule has 3 rings (SSSR count). The Morgan fingerprint density at radius 3 is 2.06 bits per heavy atom. The van der Waals surface area contributed by atoms with Crippen LogP contribution >= 0.6 is 0 Å². The third-order valence-electron chi connectivity index (χ3n) is 4.61. The van der Waals surface area contributed by atoms with E-state index >= 15 is 0 Å². The van der Waals surface area contributed by atoms with E-state index < -0.39 is 16.5 Å². The highest BCUT2D eigenvalue weighted by Crippen LogP contribution is 2.35. The molecule has 11 nitrogen and oxygen atoms in total. The molecule has 0 aromatic carbocycles. The number of anilines is 2. The largest absolute Gasteiger partial charge is 0.459 e. The number of ether oxygens (including phenoxy) is 1. The number of rotatable bonds is 9. The quantitative estimate of drug-likeness (QED) is 0.264. The standard InChI is InChI=1S/C23H27N7O4/c1-23(2,3)34-19(31)15-28(4)21-20(30(32)33)22(27-16-26-21)29(13-17-7-5-9-24-11-17)14-18-8-6-10-25-12-18/h5-12,16H,13-15H2,1-4H3. The van der Waals surface area contributed by atoms with Crippen LogP contribution in [0.3, 0.4) is 0 Å². The van der Waals surface area contributed by atoms with Crippen molar-refractivity contribution in [1.82, 2.24) is 19.9 Å². The van der Waals surface area contributed by atoms with Crippen LogP contribution in [0.2, 0.25) is 0 Å². The van der Waals surface area contributed by atoms with Gasteiger partial charge in [0.1, 0.15) is 18.5 Å². The smallest absolute Gasteiger partial charge is 0.353 e. The van der Waals surface area contributed by atoms with Crippen molar-refractivity contribution in [3.05, 3.63) is 76.6 Å². The monoisotopic (exact) mass is 465 g/mol. The first kappa shape index (κ1) is 24.5. The van der Waals surface area contributed by atoms with E-state index in [4.69, 9.17) is 4.74 Å². The molecule has 0 radical (unpaired) electrons. The maximum atomic E-state index is 12.3. The summed E-state index contributed by atoms with van der Waals surface area (Å²) in [4.78, 5) is 43.8. The second-order valence-electron chi connectivity index (χ2n) is 8.65. The van der Waals surface area contributed by atoms with Crippen LogP contribution in [-0.2, 0) is 22.6 Å². The molecule has 3 aromatic heterocycles. The van der Waals surface area contributed by atoms with Crippen molar-refractivity contribution in [2.45, 2.75) is 39.5 Å². The zero-order chi connectivity index (χ0) is 24.7. The first-order valence-electron chi connectivity index (χ1n) is 10.6. The van der Waals surface area contributed by atoms with Crippen LogP contribution in [0.15, 0.2) is 55.4 Å². The third-order valence-corrected chi connectivity index (χ3v) is 4.61. The Labute approximate surface area is 197 Å². The molecule has 0 N–H and O–H groups in total. The molecule has 3 aromatic rings. The van der Waals surface area contributed by atoms with Gasteiger partial charge in [0, 0.05) is 44.9 Å². The van der Waals surface area contributed by atoms with Crippen LogP contribution in [0.5, 0.6) is 0 Å². The molecule has 0 aliphatic rings. The van der Waals surface area contributed by atoms with Gasteiger partial charge >= 0.3 is 11.7 Å². The Kier molecular flexibility index (Phi) is 7.67. The number of hydrogen-bond acceptors (Lipinski definition) is 10. The molecule has 0 amide bonds. The summed E-state index contributed by atoms with van der Waals surface area (Å²) in [7, 11) is 1.55. The van der Waals surface area contributed by atoms with Gasteiger partial charge in [-0.25, -0.2) is 9.97 Å². The van der Waals surface area contributed by atoms with Crippen LogP contribution < -0.4 is 9.80 Å². The Balaban J connectivity index is 1.99. The van der Waals surface area contributed by atoms with Crippen molar-refractivity contribution in [3.8, 4) is 0 Å². The Morgan fingerprint density at radius 1 is 1.03 bits per heavy atom. The molecule has 0 unspecified atom stereocenters. The van der Waals surface area contributed by atoms with Crippen LogP contribution in [0.4, 0.5) is 17.3 Å². The van der Waals surface area contributed by atoms with Crippen molar-refractivity contribution in [1.29, 1.82) is 0 Å². The minimum atomic E-state index is -0.676. The van der Waals surface area contributed by atoms with E-state index in [-0.39, 0.29) is 23.9 Å².